The number of benzene rings is 1. The number of hydrazone groups is 1. The van der Waals surface area contributed by atoms with Crippen LogP contribution in [0.4, 0.5) is 0 Å². The van der Waals surface area contributed by atoms with E-state index in [0.29, 0.717) is 0 Å². The van der Waals surface area contributed by atoms with Gasteiger partial charge in [0.25, 0.3) is 0 Å². The Labute approximate surface area is 108 Å². The van der Waals surface area contributed by atoms with Crippen LogP contribution in [0.1, 0.15) is 38.8 Å². The SMILES string of the molecule is CC(=O)C=C(C)N1N=C(C)C[C@H]1c1ccccc1. The molecule has 2 rings (SSSR count). The minimum absolute atomic E-state index is 0.0547. The second kappa shape index (κ2) is 5.17. The zero-order valence-corrected chi connectivity index (χ0v) is 11.1. The molecule has 1 aromatic carbocycles. The van der Waals surface area contributed by atoms with Gasteiger partial charge >= 0.3 is 0 Å². The highest BCUT2D eigenvalue weighted by molar-refractivity contribution is 5.88. The fourth-order valence-corrected chi connectivity index (χ4v) is 2.28. The highest BCUT2D eigenvalue weighted by atomic mass is 16.1. The average Bonchev–Trinajstić information content (AvgIpc) is 2.72. The fraction of sp³-hybridized carbons (Fsp3) is 0.333. The predicted molar refractivity (Wildman–Crippen MR) is 73.2 cm³/mol. The van der Waals surface area contributed by atoms with Crippen LogP contribution < -0.4 is 0 Å². The van der Waals surface area contributed by atoms with Gasteiger partial charge in [-0.3, -0.25) is 9.80 Å². The fourth-order valence-electron chi connectivity index (χ4n) is 2.28. The van der Waals surface area contributed by atoms with Crippen molar-refractivity contribution in [1.82, 2.24) is 5.01 Å². The molecular weight excluding hydrogens is 224 g/mol. The van der Waals surface area contributed by atoms with E-state index in [1.54, 1.807) is 13.0 Å². The first-order valence-electron chi connectivity index (χ1n) is 6.15. The Morgan fingerprint density at radius 2 is 2.00 bits per heavy atom. The lowest BCUT2D eigenvalue weighted by Crippen LogP contribution is -2.18. The van der Waals surface area contributed by atoms with Gasteiger partial charge in [0, 0.05) is 23.9 Å². The van der Waals surface area contributed by atoms with Crippen molar-refractivity contribution >= 4 is 11.5 Å². The number of carbonyl (C=O) groups excluding carboxylic acids is 1. The van der Waals surface area contributed by atoms with E-state index >= 15 is 0 Å². The van der Waals surface area contributed by atoms with E-state index < -0.39 is 0 Å². The van der Waals surface area contributed by atoms with Crippen LogP contribution in [0, 0.1) is 0 Å². The van der Waals surface area contributed by atoms with Crippen molar-refractivity contribution in [3.8, 4) is 0 Å². The number of carbonyl (C=O) groups is 1. The summed E-state index contributed by atoms with van der Waals surface area (Å²) in [5.41, 5.74) is 3.22. The maximum absolute atomic E-state index is 11.2. The molecule has 0 amide bonds. The van der Waals surface area contributed by atoms with Crippen LogP contribution >= 0.6 is 0 Å². The summed E-state index contributed by atoms with van der Waals surface area (Å²) in [5, 5.41) is 6.48. The van der Waals surface area contributed by atoms with Crippen molar-refractivity contribution in [2.75, 3.05) is 0 Å². The van der Waals surface area contributed by atoms with E-state index in [4.69, 9.17) is 0 Å². The Morgan fingerprint density at radius 3 is 2.61 bits per heavy atom. The molecule has 0 bridgehead atoms. The average molecular weight is 242 g/mol. The van der Waals surface area contributed by atoms with Crippen molar-refractivity contribution in [3.63, 3.8) is 0 Å². The maximum Gasteiger partial charge on any atom is 0.154 e. The zero-order valence-electron chi connectivity index (χ0n) is 11.1. The third kappa shape index (κ3) is 2.67. The summed E-state index contributed by atoms with van der Waals surface area (Å²) < 4.78 is 0. The second-order valence-corrected chi connectivity index (χ2v) is 4.71. The van der Waals surface area contributed by atoms with Gasteiger partial charge < -0.3 is 0 Å². The van der Waals surface area contributed by atoms with E-state index in [1.165, 1.54) is 5.56 Å². The van der Waals surface area contributed by atoms with Crippen LogP contribution in [0.15, 0.2) is 47.2 Å². The number of ketones is 1. The second-order valence-electron chi connectivity index (χ2n) is 4.71. The van der Waals surface area contributed by atoms with E-state index in [2.05, 4.69) is 17.2 Å². The lowest BCUT2D eigenvalue weighted by Gasteiger charge is -2.24. The van der Waals surface area contributed by atoms with Gasteiger partial charge in [-0.05, 0) is 26.3 Å². The van der Waals surface area contributed by atoms with Crippen molar-refractivity contribution in [1.29, 1.82) is 0 Å². The molecule has 0 aliphatic carbocycles. The minimum Gasteiger partial charge on any atom is -0.295 e. The molecule has 94 valence electrons. The van der Waals surface area contributed by atoms with Gasteiger partial charge in [0.1, 0.15) is 0 Å². The molecule has 1 aliphatic heterocycles. The number of hydrogen-bond acceptors (Lipinski definition) is 3. The predicted octanol–water partition coefficient (Wildman–Crippen LogP) is 3.30. The third-order valence-corrected chi connectivity index (χ3v) is 3.02. The van der Waals surface area contributed by atoms with Gasteiger partial charge in [-0.1, -0.05) is 30.3 Å². The number of nitrogens with zero attached hydrogens (tertiary/aromatic N) is 2. The normalized spacial score (nSPS) is 19.9. The Hall–Kier alpha value is -1.90. The molecule has 1 atom stereocenters. The molecule has 3 heteroatoms. The monoisotopic (exact) mass is 242 g/mol. The molecule has 1 aliphatic rings. The van der Waals surface area contributed by atoms with E-state index in [9.17, 15) is 4.79 Å². The van der Waals surface area contributed by atoms with Gasteiger partial charge in [0.2, 0.25) is 0 Å². The van der Waals surface area contributed by atoms with Crippen LogP contribution in [-0.4, -0.2) is 16.5 Å². The molecule has 0 saturated carbocycles. The number of rotatable bonds is 3. The van der Waals surface area contributed by atoms with Crippen LogP contribution in [0.5, 0.6) is 0 Å². The molecule has 1 aromatic rings. The van der Waals surface area contributed by atoms with Gasteiger partial charge in [-0.25, -0.2) is 0 Å². The molecule has 0 radical (unpaired) electrons. The number of allylic oxidation sites excluding steroid dienone is 2. The standard InChI is InChI=1S/C15H18N2O/c1-11-9-15(14-7-5-4-6-8-14)17(16-11)12(2)10-13(3)18/h4-8,10,15H,9H2,1-3H3/t15-/m0/s1. The van der Waals surface area contributed by atoms with E-state index in [-0.39, 0.29) is 11.8 Å². The topological polar surface area (TPSA) is 32.7 Å². The molecule has 0 spiro atoms. The summed E-state index contributed by atoms with van der Waals surface area (Å²) >= 11 is 0. The van der Waals surface area contributed by atoms with Crippen molar-refractivity contribution in [2.45, 2.75) is 33.2 Å². The molecule has 3 nitrogen and oxygen atoms in total. The highest BCUT2D eigenvalue weighted by Crippen LogP contribution is 2.33. The third-order valence-electron chi connectivity index (χ3n) is 3.02. The molecule has 18 heavy (non-hydrogen) atoms. The lowest BCUT2D eigenvalue weighted by atomic mass is 10.0. The molecule has 0 aromatic heterocycles. The first-order chi connectivity index (χ1) is 8.58. The summed E-state index contributed by atoms with van der Waals surface area (Å²) in [4.78, 5) is 11.2. The maximum atomic E-state index is 11.2. The van der Waals surface area contributed by atoms with Gasteiger partial charge in [0.05, 0.1) is 6.04 Å². The first-order valence-corrected chi connectivity index (χ1v) is 6.15. The van der Waals surface area contributed by atoms with Crippen molar-refractivity contribution in [3.05, 3.63) is 47.7 Å². The van der Waals surface area contributed by atoms with Crippen molar-refractivity contribution in [2.24, 2.45) is 5.10 Å². The summed E-state index contributed by atoms with van der Waals surface area (Å²) in [6, 6.07) is 10.5. The summed E-state index contributed by atoms with van der Waals surface area (Å²) in [6.45, 7) is 5.52. The molecule has 0 fully saturated rings. The summed E-state index contributed by atoms with van der Waals surface area (Å²) in [6.07, 6.45) is 2.55. The van der Waals surface area contributed by atoms with Crippen LogP contribution in [0.3, 0.4) is 0 Å². The lowest BCUT2D eigenvalue weighted by molar-refractivity contribution is -0.112. The van der Waals surface area contributed by atoms with Gasteiger partial charge in [-0.2, -0.15) is 5.10 Å². The molecule has 0 unspecified atom stereocenters. The summed E-state index contributed by atoms with van der Waals surface area (Å²) in [7, 11) is 0. The van der Waals surface area contributed by atoms with E-state index in [1.807, 2.05) is 37.1 Å². The minimum atomic E-state index is 0.0547. The van der Waals surface area contributed by atoms with E-state index in [0.717, 1.165) is 17.8 Å². The largest absolute Gasteiger partial charge is 0.295 e. The smallest absolute Gasteiger partial charge is 0.154 e. The van der Waals surface area contributed by atoms with Gasteiger partial charge in [-0.15, -0.1) is 0 Å². The molecule has 0 saturated heterocycles. The number of hydrogen-bond donors (Lipinski definition) is 0. The van der Waals surface area contributed by atoms with Gasteiger partial charge in [0.15, 0.2) is 5.78 Å². The molecular formula is C15H18N2O. The zero-order chi connectivity index (χ0) is 13.1. The van der Waals surface area contributed by atoms with Crippen LogP contribution in [0.25, 0.3) is 0 Å². The Kier molecular flexibility index (Phi) is 3.60. The van der Waals surface area contributed by atoms with Crippen LogP contribution in [0.2, 0.25) is 0 Å². The quantitative estimate of drug-likeness (QED) is 0.762. The van der Waals surface area contributed by atoms with Crippen molar-refractivity contribution < 1.29 is 4.79 Å². The summed E-state index contributed by atoms with van der Waals surface area (Å²) in [5.74, 6) is 0.0547. The van der Waals surface area contributed by atoms with Crippen LogP contribution in [-0.2, 0) is 4.79 Å². The molecule has 0 N–H and O–H groups in total. The first kappa shape index (κ1) is 12.6. The molecule has 1 heterocycles. The highest BCUT2D eigenvalue weighted by Gasteiger charge is 2.26. The Bertz CT molecular complexity index is 502. The Balaban J connectivity index is 2.30. The Morgan fingerprint density at radius 1 is 1.33 bits per heavy atom.